The Morgan fingerprint density at radius 3 is 2.41 bits per heavy atom. The van der Waals surface area contributed by atoms with E-state index in [2.05, 4.69) is 15.6 Å². The number of aliphatic imine (C=N–C) groups is 1. The SMILES string of the molecule is CCNC(=NCc1cc(C)c(O)c(C)c1)NC(C)COC.I. The minimum absolute atomic E-state index is 0. The second-order valence-electron chi connectivity index (χ2n) is 5.27. The molecule has 0 aliphatic rings. The zero-order valence-electron chi connectivity index (χ0n) is 14.1. The number of methoxy groups -OCH3 is 1. The van der Waals surface area contributed by atoms with Crippen LogP contribution in [0.1, 0.15) is 30.5 Å². The van der Waals surface area contributed by atoms with Gasteiger partial charge in [-0.05, 0) is 44.4 Å². The average molecular weight is 421 g/mol. The largest absolute Gasteiger partial charge is 0.507 e. The molecule has 6 heteroatoms. The van der Waals surface area contributed by atoms with E-state index in [1.54, 1.807) is 7.11 Å². The smallest absolute Gasteiger partial charge is 0.191 e. The third kappa shape index (κ3) is 6.83. The van der Waals surface area contributed by atoms with Crippen molar-refractivity contribution in [3.63, 3.8) is 0 Å². The van der Waals surface area contributed by atoms with Gasteiger partial charge in [0.05, 0.1) is 13.2 Å². The maximum absolute atomic E-state index is 9.80. The van der Waals surface area contributed by atoms with Crippen molar-refractivity contribution in [2.24, 2.45) is 4.99 Å². The molecule has 0 fully saturated rings. The van der Waals surface area contributed by atoms with Crippen molar-refractivity contribution < 1.29 is 9.84 Å². The molecule has 0 aliphatic carbocycles. The molecule has 0 bridgehead atoms. The number of nitrogens with zero attached hydrogens (tertiary/aromatic N) is 1. The van der Waals surface area contributed by atoms with Gasteiger partial charge in [-0.25, -0.2) is 4.99 Å². The molecule has 5 nitrogen and oxygen atoms in total. The van der Waals surface area contributed by atoms with Gasteiger partial charge in [-0.1, -0.05) is 12.1 Å². The summed E-state index contributed by atoms with van der Waals surface area (Å²) >= 11 is 0. The highest BCUT2D eigenvalue weighted by atomic mass is 127. The van der Waals surface area contributed by atoms with Crippen molar-refractivity contribution in [1.29, 1.82) is 0 Å². The van der Waals surface area contributed by atoms with Gasteiger partial charge < -0.3 is 20.5 Å². The van der Waals surface area contributed by atoms with Crippen molar-refractivity contribution in [2.75, 3.05) is 20.3 Å². The number of nitrogens with one attached hydrogen (secondary N) is 2. The van der Waals surface area contributed by atoms with Crippen LogP contribution in [0.2, 0.25) is 0 Å². The normalized spacial score (nSPS) is 12.5. The molecule has 3 N–H and O–H groups in total. The predicted molar refractivity (Wildman–Crippen MR) is 102 cm³/mol. The van der Waals surface area contributed by atoms with E-state index >= 15 is 0 Å². The highest BCUT2D eigenvalue weighted by molar-refractivity contribution is 14.0. The summed E-state index contributed by atoms with van der Waals surface area (Å²) in [6.45, 7) is 9.88. The van der Waals surface area contributed by atoms with Gasteiger partial charge in [-0.15, -0.1) is 24.0 Å². The number of hydrogen-bond acceptors (Lipinski definition) is 3. The zero-order chi connectivity index (χ0) is 15.8. The van der Waals surface area contributed by atoms with Gasteiger partial charge in [0, 0.05) is 19.7 Å². The van der Waals surface area contributed by atoms with E-state index in [0.717, 1.165) is 29.2 Å². The number of hydrogen-bond donors (Lipinski definition) is 3. The monoisotopic (exact) mass is 421 g/mol. The summed E-state index contributed by atoms with van der Waals surface area (Å²) < 4.78 is 5.12. The fourth-order valence-electron chi connectivity index (χ4n) is 2.15. The molecule has 1 unspecified atom stereocenters. The Labute approximate surface area is 150 Å². The first-order valence-corrected chi connectivity index (χ1v) is 7.30. The van der Waals surface area contributed by atoms with Gasteiger partial charge in [0.25, 0.3) is 0 Å². The van der Waals surface area contributed by atoms with Crippen LogP contribution in [0.3, 0.4) is 0 Å². The number of aryl methyl sites for hydroxylation is 2. The molecule has 0 heterocycles. The van der Waals surface area contributed by atoms with E-state index in [-0.39, 0.29) is 30.0 Å². The molecule has 126 valence electrons. The number of rotatable bonds is 6. The summed E-state index contributed by atoms with van der Waals surface area (Å²) in [5, 5.41) is 16.3. The molecule has 1 aromatic carbocycles. The van der Waals surface area contributed by atoms with Crippen molar-refractivity contribution >= 4 is 29.9 Å². The predicted octanol–water partition coefficient (Wildman–Crippen LogP) is 2.72. The lowest BCUT2D eigenvalue weighted by Crippen LogP contribution is -2.43. The molecule has 22 heavy (non-hydrogen) atoms. The van der Waals surface area contributed by atoms with Crippen LogP contribution in [0.25, 0.3) is 0 Å². The number of phenols is 1. The Hall–Kier alpha value is -1.02. The maximum atomic E-state index is 9.80. The molecule has 0 radical (unpaired) electrons. The minimum Gasteiger partial charge on any atom is -0.507 e. The van der Waals surface area contributed by atoms with E-state index in [4.69, 9.17) is 4.74 Å². The highest BCUT2D eigenvalue weighted by Crippen LogP contribution is 2.23. The second kappa shape index (κ2) is 10.7. The first-order valence-electron chi connectivity index (χ1n) is 7.30. The van der Waals surface area contributed by atoms with Gasteiger partial charge in [0.15, 0.2) is 5.96 Å². The molecule has 0 aliphatic heterocycles. The molecular formula is C16H28IN3O2. The molecule has 0 saturated carbocycles. The number of guanidine groups is 1. The van der Waals surface area contributed by atoms with Crippen LogP contribution in [0.15, 0.2) is 17.1 Å². The van der Waals surface area contributed by atoms with E-state index in [0.29, 0.717) is 18.9 Å². The number of halogens is 1. The van der Waals surface area contributed by atoms with E-state index in [1.165, 1.54) is 0 Å². The first-order chi connectivity index (χ1) is 9.97. The fraction of sp³-hybridized carbons (Fsp3) is 0.562. The maximum Gasteiger partial charge on any atom is 0.191 e. The average Bonchev–Trinajstić information content (AvgIpc) is 2.42. The lowest BCUT2D eigenvalue weighted by Gasteiger charge is -2.17. The quantitative estimate of drug-likeness (QED) is 0.376. The molecule has 0 amide bonds. The van der Waals surface area contributed by atoms with Crippen molar-refractivity contribution in [2.45, 2.75) is 40.3 Å². The Bertz CT molecular complexity index is 469. The highest BCUT2D eigenvalue weighted by Gasteiger charge is 2.06. The number of benzene rings is 1. The van der Waals surface area contributed by atoms with Crippen LogP contribution in [-0.4, -0.2) is 37.4 Å². The lowest BCUT2D eigenvalue weighted by atomic mass is 10.1. The Balaban J connectivity index is 0.00000441. The molecule has 1 rings (SSSR count). The zero-order valence-corrected chi connectivity index (χ0v) is 16.4. The van der Waals surface area contributed by atoms with Gasteiger partial charge in [0.1, 0.15) is 5.75 Å². The molecule has 0 saturated heterocycles. The number of aromatic hydroxyl groups is 1. The molecule has 1 aromatic rings. The van der Waals surface area contributed by atoms with E-state index < -0.39 is 0 Å². The summed E-state index contributed by atoms with van der Waals surface area (Å²) in [5.74, 6) is 1.13. The summed E-state index contributed by atoms with van der Waals surface area (Å²) in [4.78, 5) is 4.58. The third-order valence-electron chi connectivity index (χ3n) is 3.11. The molecule has 1 atom stereocenters. The molecule has 0 aromatic heterocycles. The third-order valence-corrected chi connectivity index (χ3v) is 3.11. The Kier molecular flexibility index (Phi) is 10.2. The van der Waals surface area contributed by atoms with Crippen LogP contribution in [0, 0.1) is 13.8 Å². The van der Waals surface area contributed by atoms with E-state index in [9.17, 15) is 5.11 Å². The van der Waals surface area contributed by atoms with Gasteiger partial charge in [-0.2, -0.15) is 0 Å². The standard InChI is InChI=1S/C16H27N3O2.HI/c1-6-17-16(19-13(4)10-21-5)18-9-14-7-11(2)15(20)12(3)8-14;/h7-8,13,20H,6,9-10H2,1-5H3,(H2,17,18,19);1H. The Morgan fingerprint density at radius 2 is 1.91 bits per heavy atom. The fourth-order valence-corrected chi connectivity index (χ4v) is 2.15. The Morgan fingerprint density at radius 1 is 1.32 bits per heavy atom. The van der Waals surface area contributed by atoms with Gasteiger partial charge >= 0.3 is 0 Å². The van der Waals surface area contributed by atoms with Crippen molar-refractivity contribution in [3.05, 3.63) is 28.8 Å². The van der Waals surface area contributed by atoms with Crippen molar-refractivity contribution in [1.82, 2.24) is 10.6 Å². The minimum atomic E-state index is 0. The summed E-state index contributed by atoms with van der Waals surface area (Å²) in [6, 6.07) is 4.12. The van der Waals surface area contributed by atoms with Crippen LogP contribution in [0.5, 0.6) is 5.75 Å². The number of ether oxygens (including phenoxy) is 1. The molecule has 0 spiro atoms. The summed E-state index contributed by atoms with van der Waals surface area (Å²) in [7, 11) is 1.68. The van der Waals surface area contributed by atoms with Crippen molar-refractivity contribution in [3.8, 4) is 5.75 Å². The first kappa shape index (κ1) is 21.0. The van der Waals surface area contributed by atoms with Crippen LogP contribution in [-0.2, 0) is 11.3 Å². The number of phenolic OH excluding ortho intramolecular Hbond substituents is 1. The second-order valence-corrected chi connectivity index (χ2v) is 5.27. The molecular weight excluding hydrogens is 393 g/mol. The van der Waals surface area contributed by atoms with Gasteiger partial charge in [0.2, 0.25) is 0 Å². The topological polar surface area (TPSA) is 65.9 Å². The van der Waals surface area contributed by atoms with Gasteiger partial charge in [-0.3, -0.25) is 0 Å². The summed E-state index contributed by atoms with van der Waals surface area (Å²) in [6.07, 6.45) is 0. The van der Waals surface area contributed by atoms with Crippen LogP contribution in [0.4, 0.5) is 0 Å². The lowest BCUT2D eigenvalue weighted by molar-refractivity contribution is 0.179. The van der Waals surface area contributed by atoms with Crippen LogP contribution >= 0.6 is 24.0 Å². The van der Waals surface area contributed by atoms with E-state index in [1.807, 2.05) is 39.8 Å². The van der Waals surface area contributed by atoms with Crippen LogP contribution < -0.4 is 10.6 Å². The summed E-state index contributed by atoms with van der Waals surface area (Å²) in [5.41, 5.74) is 2.84.